The van der Waals surface area contributed by atoms with Crippen LogP contribution in [0.2, 0.25) is 0 Å². The predicted molar refractivity (Wildman–Crippen MR) is 95.1 cm³/mol. The maximum Gasteiger partial charge on any atom is 0.331 e. The fraction of sp³-hybridized carbons (Fsp3) is 0.368. The Kier molecular flexibility index (Phi) is 5.07. The zero-order valence-electron chi connectivity index (χ0n) is 15.1. The number of hydrogen-bond acceptors (Lipinski definition) is 4. The number of carbonyl (C=O) groups excluding carboxylic acids is 1. The average molecular weight is 339 g/mol. The van der Waals surface area contributed by atoms with Crippen LogP contribution in [0.4, 0.5) is 0 Å². The van der Waals surface area contributed by atoms with Crippen molar-refractivity contribution < 1.29 is 4.79 Å². The minimum atomic E-state index is -0.610. The third kappa shape index (κ3) is 3.18. The lowest BCUT2D eigenvalue weighted by Gasteiger charge is -2.17. The Bertz CT molecular complexity index is 1020. The topological polar surface area (TPSA) is 84.9 Å². The third-order valence-corrected chi connectivity index (χ3v) is 4.50. The largest absolute Gasteiger partial charge is 0.331 e. The van der Waals surface area contributed by atoms with Crippen molar-refractivity contribution in [3.8, 4) is 6.07 Å². The van der Waals surface area contributed by atoms with Gasteiger partial charge in [-0.3, -0.25) is 18.7 Å². The van der Waals surface area contributed by atoms with E-state index in [9.17, 15) is 14.4 Å². The zero-order valence-corrected chi connectivity index (χ0v) is 15.1. The normalized spacial score (nSPS) is 10.6. The van der Waals surface area contributed by atoms with E-state index < -0.39 is 11.2 Å². The minimum Gasteiger partial charge on any atom is -0.299 e. The van der Waals surface area contributed by atoms with Crippen LogP contribution in [-0.4, -0.2) is 14.9 Å². The summed E-state index contributed by atoms with van der Waals surface area (Å²) in [6, 6.07) is 3.73. The first-order chi connectivity index (χ1) is 11.7. The van der Waals surface area contributed by atoms with Crippen LogP contribution in [0.3, 0.4) is 0 Å². The van der Waals surface area contributed by atoms with Gasteiger partial charge in [0.1, 0.15) is 11.6 Å². The number of hydrogen-bond donors (Lipinski definition) is 0. The lowest BCUT2D eigenvalue weighted by Crippen LogP contribution is -2.41. The number of carbonyl (C=O) groups is 1. The molecule has 0 amide bonds. The Morgan fingerprint density at radius 1 is 1.20 bits per heavy atom. The number of aromatic nitrogens is 2. The smallest absolute Gasteiger partial charge is 0.299 e. The van der Waals surface area contributed by atoms with Gasteiger partial charge in [0.2, 0.25) is 0 Å². The summed E-state index contributed by atoms with van der Waals surface area (Å²) in [5.74, 6) is -0.0552. The van der Waals surface area contributed by atoms with Gasteiger partial charge >= 0.3 is 5.69 Å². The van der Waals surface area contributed by atoms with Crippen molar-refractivity contribution in [1.82, 2.24) is 9.13 Å². The van der Waals surface area contributed by atoms with E-state index in [1.807, 2.05) is 32.9 Å². The van der Waals surface area contributed by atoms with E-state index in [0.717, 1.165) is 26.8 Å². The van der Waals surface area contributed by atoms with E-state index >= 15 is 0 Å². The second-order valence-corrected chi connectivity index (χ2v) is 6.16. The second-order valence-electron chi connectivity index (χ2n) is 6.16. The molecule has 0 spiro atoms. The zero-order chi connectivity index (χ0) is 18.9. The van der Waals surface area contributed by atoms with Gasteiger partial charge in [0, 0.05) is 18.3 Å². The standard InChI is InChI=1S/C19H21N3O3/c1-6-21-9-15(8-20)18(24)22(19(21)25)10-16-11(2)7-12(3)17(13(16)4)14(5)23/h7,9H,6,10H2,1-5H3. The van der Waals surface area contributed by atoms with Gasteiger partial charge in [0.05, 0.1) is 6.54 Å². The molecule has 0 N–H and O–H groups in total. The first kappa shape index (κ1) is 18.4. The Morgan fingerprint density at radius 3 is 2.36 bits per heavy atom. The molecule has 6 heteroatoms. The summed E-state index contributed by atoms with van der Waals surface area (Å²) < 4.78 is 2.40. The van der Waals surface area contributed by atoms with E-state index in [1.165, 1.54) is 17.7 Å². The van der Waals surface area contributed by atoms with Crippen LogP contribution in [0.5, 0.6) is 0 Å². The Morgan fingerprint density at radius 2 is 1.84 bits per heavy atom. The van der Waals surface area contributed by atoms with E-state index in [1.54, 1.807) is 6.92 Å². The second kappa shape index (κ2) is 6.89. The van der Waals surface area contributed by atoms with Gasteiger partial charge in [-0.2, -0.15) is 5.26 Å². The summed E-state index contributed by atoms with van der Waals surface area (Å²) in [5.41, 5.74) is 2.76. The van der Waals surface area contributed by atoms with Crippen molar-refractivity contribution in [2.45, 2.75) is 47.7 Å². The number of nitriles is 1. The molecule has 1 aromatic heterocycles. The maximum atomic E-state index is 12.6. The molecule has 0 unspecified atom stereocenters. The van der Waals surface area contributed by atoms with Gasteiger partial charge in [-0.05, 0) is 56.9 Å². The molecule has 0 aliphatic rings. The summed E-state index contributed by atoms with van der Waals surface area (Å²) in [5, 5.41) is 9.16. The van der Waals surface area contributed by atoms with Gasteiger partial charge in [0.15, 0.2) is 5.78 Å². The molecular formula is C19H21N3O3. The van der Waals surface area contributed by atoms with E-state index in [-0.39, 0.29) is 17.9 Å². The van der Waals surface area contributed by atoms with Gasteiger partial charge < -0.3 is 0 Å². The molecule has 130 valence electrons. The van der Waals surface area contributed by atoms with Gasteiger partial charge in [-0.1, -0.05) is 6.07 Å². The molecule has 0 aliphatic carbocycles. The highest BCUT2D eigenvalue weighted by atomic mass is 16.2. The highest BCUT2D eigenvalue weighted by molar-refractivity contribution is 5.97. The van der Waals surface area contributed by atoms with Crippen molar-refractivity contribution in [1.29, 1.82) is 5.26 Å². The van der Waals surface area contributed by atoms with Crippen LogP contribution < -0.4 is 11.2 Å². The minimum absolute atomic E-state index is 0.0331. The third-order valence-electron chi connectivity index (χ3n) is 4.50. The number of rotatable bonds is 4. The fourth-order valence-electron chi connectivity index (χ4n) is 3.27. The summed E-state index contributed by atoms with van der Waals surface area (Å²) in [6.45, 7) is 9.24. The Balaban J connectivity index is 2.76. The molecule has 1 aromatic carbocycles. The summed E-state index contributed by atoms with van der Waals surface area (Å²) in [6.07, 6.45) is 1.29. The molecule has 0 saturated carbocycles. The van der Waals surface area contributed by atoms with E-state index in [4.69, 9.17) is 5.26 Å². The van der Waals surface area contributed by atoms with Crippen LogP contribution in [-0.2, 0) is 13.1 Å². The van der Waals surface area contributed by atoms with Crippen molar-refractivity contribution in [3.63, 3.8) is 0 Å². The van der Waals surface area contributed by atoms with Crippen LogP contribution in [0.15, 0.2) is 21.9 Å². The van der Waals surface area contributed by atoms with E-state index in [2.05, 4.69) is 0 Å². The molecule has 2 rings (SSSR count). The van der Waals surface area contributed by atoms with Gasteiger partial charge in [0.25, 0.3) is 5.56 Å². The van der Waals surface area contributed by atoms with Crippen LogP contribution in [0, 0.1) is 32.1 Å². The molecule has 0 atom stereocenters. The molecular weight excluding hydrogens is 318 g/mol. The molecule has 0 radical (unpaired) electrons. The molecule has 0 fully saturated rings. The SMILES string of the molecule is CCn1cc(C#N)c(=O)n(Cc2c(C)cc(C)c(C(C)=O)c2C)c1=O. The predicted octanol–water partition coefficient (Wildman–Crippen LogP) is 2.08. The summed E-state index contributed by atoms with van der Waals surface area (Å²) in [7, 11) is 0. The maximum absolute atomic E-state index is 12.6. The average Bonchev–Trinajstić information content (AvgIpc) is 2.53. The van der Waals surface area contributed by atoms with Crippen LogP contribution in [0.1, 0.15) is 52.0 Å². The van der Waals surface area contributed by atoms with Crippen molar-refractivity contribution >= 4 is 5.78 Å². The van der Waals surface area contributed by atoms with Crippen molar-refractivity contribution in [3.05, 3.63) is 66.5 Å². The summed E-state index contributed by atoms with van der Waals surface area (Å²) in [4.78, 5) is 37.0. The number of nitrogens with zero attached hydrogens (tertiary/aromatic N) is 3. The lowest BCUT2D eigenvalue weighted by molar-refractivity contribution is 0.101. The quantitative estimate of drug-likeness (QED) is 0.798. The molecule has 25 heavy (non-hydrogen) atoms. The molecule has 0 bridgehead atoms. The van der Waals surface area contributed by atoms with Crippen LogP contribution in [0.25, 0.3) is 0 Å². The first-order valence-electron chi connectivity index (χ1n) is 8.07. The Hall–Kier alpha value is -2.94. The van der Waals surface area contributed by atoms with Crippen molar-refractivity contribution in [2.24, 2.45) is 0 Å². The molecule has 1 heterocycles. The number of benzene rings is 1. The lowest BCUT2D eigenvalue weighted by atomic mass is 9.91. The number of aryl methyl sites for hydroxylation is 3. The number of ketones is 1. The van der Waals surface area contributed by atoms with Gasteiger partial charge in [-0.25, -0.2) is 4.79 Å². The summed E-state index contributed by atoms with van der Waals surface area (Å²) >= 11 is 0. The Labute approximate surface area is 146 Å². The molecule has 0 saturated heterocycles. The molecule has 2 aromatic rings. The molecule has 6 nitrogen and oxygen atoms in total. The van der Waals surface area contributed by atoms with Crippen molar-refractivity contribution in [2.75, 3.05) is 0 Å². The number of Topliss-reactive ketones (excluding diaryl/α,β-unsaturated/α-hetero) is 1. The first-order valence-corrected chi connectivity index (χ1v) is 8.07. The fourth-order valence-corrected chi connectivity index (χ4v) is 3.27. The van der Waals surface area contributed by atoms with E-state index in [0.29, 0.717) is 12.1 Å². The van der Waals surface area contributed by atoms with Gasteiger partial charge in [-0.15, -0.1) is 0 Å². The molecule has 0 aliphatic heterocycles. The highest BCUT2D eigenvalue weighted by Gasteiger charge is 2.17. The van der Waals surface area contributed by atoms with Crippen LogP contribution >= 0.6 is 0 Å². The monoisotopic (exact) mass is 339 g/mol. The highest BCUT2D eigenvalue weighted by Crippen LogP contribution is 2.23.